The summed E-state index contributed by atoms with van der Waals surface area (Å²) in [6.45, 7) is 0.788. The monoisotopic (exact) mass is 237 g/mol. The minimum absolute atomic E-state index is 0.0105. The Morgan fingerprint density at radius 2 is 2.12 bits per heavy atom. The molecule has 88 valence electrons. The van der Waals surface area contributed by atoms with Crippen LogP contribution in [-0.2, 0) is 4.79 Å². The molecule has 1 aliphatic rings. The van der Waals surface area contributed by atoms with Crippen LogP contribution in [0.3, 0.4) is 0 Å². The third-order valence-electron chi connectivity index (χ3n) is 2.56. The van der Waals surface area contributed by atoms with E-state index in [4.69, 9.17) is 5.26 Å². The van der Waals surface area contributed by atoms with Crippen LogP contribution in [0.1, 0.15) is 5.56 Å². The molecule has 1 fully saturated rings. The number of nitriles is 1. The molecule has 0 spiro atoms. The van der Waals surface area contributed by atoms with Crippen LogP contribution in [0, 0.1) is 23.0 Å². The number of carbonyl (C=O) groups excluding carboxylic acids is 1. The molecule has 0 atom stereocenters. The molecule has 0 radical (unpaired) electrons. The number of anilines is 1. The highest BCUT2D eigenvalue weighted by atomic mass is 19.2. The molecule has 4 nitrogen and oxygen atoms in total. The van der Waals surface area contributed by atoms with Crippen molar-refractivity contribution in [1.29, 1.82) is 5.26 Å². The highest BCUT2D eigenvalue weighted by molar-refractivity contribution is 5.82. The molecule has 1 aliphatic heterocycles. The van der Waals surface area contributed by atoms with Crippen LogP contribution < -0.4 is 10.2 Å². The van der Waals surface area contributed by atoms with Crippen molar-refractivity contribution in [2.24, 2.45) is 0 Å². The van der Waals surface area contributed by atoms with Crippen molar-refractivity contribution in [2.75, 3.05) is 24.5 Å². The molecular formula is C11H9F2N3O. The third kappa shape index (κ3) is 2.04. The molecule has 17 heavy (non-hydrogen) atoms. The van der Waals surface area contributed by atoms with Crippen molar-refractivity contribution in [3.63, 3.8) is 0 Å². The standard InChI is InChI=1S/C11H9F2N3O/c12-10-7(5-14)1-2-8(11(10)13)16-4-3-15-9(17)6-16/h1-2H,3-4,6H2,(H,15,17). The topological polar surface area (TPSA) is 56.1 Å². The van der Waals surface area contributed by atoms with Crippen molar-refractivity contribution in [2.45, 2.75) is 0 Å². The van der Waals surface area contributed by atoms with Gasteiger partial charge in [-0.2, -0.15) is 5.26 Å². The SMILES string of the molecule is N#Cc1ccc(N2CCNC(=O)C2)c(F)c1F. The fourth-order valence-electron chi connectivity index (χ4n) is 1.71. The highest BCUT2D eigenvalue weighted by Crippen LogP contribution is 2.24. The number of nitrogens with zero attached hydrogens (tertiary/aromatic N) is 2. The largest absolute Gasteiger partial charge is 0.358 e. The van der Waals surface area contributed by atoms with Gasteiger partial charge in [0.1, 0.15) is 6.07 Å². The first kappa shape index (κ1) is 11.3. The van der Waals surface area contributed by atoms with Crippen LogP contribution in [0.2, 0.25) is 0 Å². The Bertz CT molecular complexity index is 510. The van der Waals surface area contributed by atoms with Gasteiger partial charge in [-0.25, -0.2) is 8.78 Å². The molecule has 1 aromatic carbocycles. The van der Waals surface area contributed by atoms with Crippen molar-refractivity contribution >= 4 is 11.6 Å². The van der Waals surface area contributed by atoms with Gasteiger partial charge in [0.2, 0.25) is 5.91 Å². The molecule has 0 aromatic heterocycles. The maximum atomic E-state index is 13.7. The van der Waals surface area contributed by atoms with Crippen LogP contribution in [0.15, 0.2) is 12.1 Å². The van der Waals surface area contributed by atoms with Crippen LogP contribution in [0.5, 0.6) is 0 Å². The average Bonchev–Trinajstić information content (AvgIpc) is 2.32. The first-order chi connectivity index (χ1) is 8.13. The van der Waals surface area contributed by atoms with E-state index in [9.17, 15) is 13.6 Å². The van der Waals surface area contributed by atoms with E-state index in [1.165, 1.54) is 17.0 Å². The molecule has 0 unspecified atom stereocenters. The molecule has 6 heteroatoms. The van der Waals surface area contributed by atoms with Crippen molar-refractivity contribution in [1.82, 2.24) is 5.32 Å². The number of piperazine rings is 1. The summed E-state index contributed by atoms with van der Waals surface area (Å²) in [4.78, 5) is 12.6. The van der Waals surface area contributed by atoms with Crippen molar-refractivity contribution in [3.8, 4) is 6.07 Å². The lowest BCUT2D eigenvalue weighted by Gasteiger charge is -2.28. The van der Waals surface area contributed by atoms with Gasteiger partial charge in [-0.1, -0.05) is 0 Å². The number of nitrogens with one attached hydrogen (secondary N) is 1. The summed E-state index contributed by atoms with van der Waals surface area (Å²) < 4.78 is 27.1. The molecular weight excluding hydrogens is 228 g/mol. The first-order valence-corrected chi connectivity index (χ1v) is 5.03. The summed E-state index contributed by atoms with van der Waals surface area (Å²) in [5.41, 5.74) is -0.330. The molecule has 0 aliphatic carbocycles. The zero-order valence-corrected chi connectivity index (χ0v) is 8.83. The Morgan fingerprint density at radius 1 is 1.35 bits per heavy atom. The maximum absolute atomic E-state index is 13.7. The van der Waals surface area contributed by atoms with Gasteiger partial charge in [-0.15, -0.1) is 0 Å². The molecule has 1 aromatic rings. The predicted octanol–water partition coefficient (Wildman–Crippen LogP) is 0.773. The molecule has 1 amide bonds. The number of benzene rings is 1. The number of halogens is 2. The molecule has 2 rings (SSSR count). The van der Waals surface area contributed by atoms with Gasteiger partial charge in [0.25, 0.3) is 0 Å². The molecule has 1 heterocycles. The van der Waals surface area contributed by atoms with E-state index in [0.29, 0.717) is 13.1 Å². The lowest BCUT2D eigenvalue weighted by molar-refractivity contribution is -0.120. The number of rotatable bonds is 1. The predicted molar refractivity (Wildman–Crippen MR) is 56.3 cm³/mol. The normalized spacial score (nSPS) is 15.4. The lowest BCUT2D eigenvalue weighted by Crippen LogP contribution is -2.48. The molecule has 0 saturated carbocycles. The minimum Gasteiger partial charge on any atom is -0.358 e. The average molecular weight is 237 g/mol. The van der Waals surface area contributed by atoms with E-state index in [1.54, 1.807) is 6.07 Å². The molecule has 1 N–H and O–H groups in total. The quantitative estimate of drug-likeness (QED) is 0.785. The van der Waals surface area contributed by atoms with E-state index in [1.807, 2.05) is 0 Å². The molecule has 0 bridgehead atoms. The number of carbonyl (C=O) groups is 1. The van der Waals surface area contributed by atoms with Gasteiger partial charge in [0.05, 0.1) is 17.8 Å². The summed E-state index contributed by atoms with van der Waals surface area (Å²) in [6.07, 6.45) is 0. The Labute approximate surface area is 96.4 Å². The van der Waals surface area contributed by atoms with Gasteiger partial charge in [-0.05, 0) is 12.1 Å². The summed E-state index contributed by atoms with van der Waals surface area (Å²) in [6, 6.07) is 4.09. The number of hydrogen-bond donors (Lipinski definition) is 1. The highest BCUT2D eigenvalue weighted by Gasteiger charge is 2.22. The second kappa shape index (κ2) is 4.37. The van der Waals surface area contributed by atoms with Crippen LogP contribution in [-0.4, -0.2) is 25.5 Å². The summed E-state index contributed by atoms with van der Waals surface area (Å²) in [5.74, 6) is -2.49. The maximum Gasteiger partial charge on any atom is 0.239 e. The van der Waals surface area contributed by atoms with E-state index in [0.717, 1.165) is 0 Å². The zero-order valence-electron chi connectivity index (χ0n) is 8.83. The first-order valence-electron chi connectivity index (χ1n) is 5.03. The minimum atomic E-state index is -1.17. The van der Waals surface area contributed by atoms with Gasteiger partial charge < -0.3 is 10.2 Å². The Morgan fingerprint density at radius 3 is 2.76 bits per heavy atom. The van der Waals surface area contributed by atoms with Crippen LogP contribution in [0.25, 0.3) is 0 Å². The zero-order chi connectivity index (χ0) is 12.4. The van der Waals surface area contributed by atoms with Crippen molar-refractivity contribution in [3.05, 3.63) is 29.3 Å². The van der Waals surface area contributed by atoms with Gasteiger partial charge >= 0.3 is 0 Å². The van der Waals surface area contributed by atoms with E-state index >= 15 is 0 Å². The van der Waals surface area contributed by atoms with E-state index < -0.39 is 11.6 Å². The summed E-state index contributed by atoms with van der Waals surface area (Å²) in [5, 5.41) is 11.1. The smallest absolute Gasteiger partial charge is 0.239 e. The number of hydrogen-bond acceptors (Lipinski definition) is 3. The van der Waals surface area contributed by atoms with E-state index in [2.05, 4.69) is 5.32 Å². The van der Waals surface area contributed by atoms with Gasteiger partial charge in [-0.3, -0.25) is 4.79 Å². The summed E-state index contributed by atoms with van der Waals surface area (Å²) >= 11 is 0. The summed E-state index contributed by atoms with van der Waals surface area (Å²) in [7, 11) is 0. The Kier molecular flexibility index (Phi) is 2.91. The van der Waals surface area contributed by atoms with Crippen molar-refractivity contribution < 1.29 is 13.6 Å². The van der Waals surface area contributed by atoms with Gasteiger partial charge in [0.15, 0.2) is 11.6 Å². The Hall–Kier alpha value is -2.16. The lowest BCUT2D eigenvalue weighted by atomic mass is 10.1. The fraction of sp³-hybridized carbons (Fsp3) is 0.273. The van der Waals surface area contributed by atoms with Crippen LogP contribution in [0.4, 0.5) is 14.5 Å². The second-order valence-electron chi connectivity index (χ2n) is 3.64. The fourth-order valence-corrected chi connectivity index (χ4v) is 1.71. The third-order valence-corrected chi connectivity index (χ3v) is 2.56. The van der Waals surface area contributed by atoms with Gasteiger partial charge in [0, 0.05) is 13.1 Å². The number of amides is 1. The Balaban J connectivity index is 2.36. The van der Waals surface area contributed by atoms with Crippen LogP contribution >= 0.6 is 0 Å². The van der Waals surface area contributed by atoms with E-state index in [-0.39, 0.29) is 23.7 Å². The second-order valence-corrected chi connectivity index (χ2v) is 3.64. The molecule has 1 saturated heterocycles.